The maximum Gasteiger partial charge on any atom is 0.252 e. The number of hydrogen-bond acceptors (Lipinski definition) is 4. The van der Waals surface area contributed by atoms with Crippen LogP contribution in [0.4, 0.5) is 5.69 Å². The summed E-state index contributed by atoms with van der Waals surface area (Å²) < 4.78 is 1.70. The van der Waals surface area contributed by atoms with Crippen molar-refractivity contribution >= 4 is 29.0 Å². The van der Waals surface area contributed by atoms with Crippen LogP contribution in [0.25, 0.3) is 5.78 Å². The van der Waals surface area contributed by atoms with Crippen LogP contribution in [0.1, 0.15) is 22.8 Å². The van der Waals surface area contributed by atoms with Crippen molar-refractivity contribution in [3.8, 4) is 0 Å². The molecule has 1 amide bonds. The van der Waals surface area contributed by atoms with E-state index >= 15 is 0 Å². The van der Waals surface area contributed by atoms with Crippen molar-refractivity contribution in [2.24, 2.45) is 0 Å². The van der Waals surface area contributed by atoms with Crippen LogP contribution in [-0.4, -0.2) is 25.5 Å². The first-order valence-corrected chi connectivity index (χ1v) is 9.67. The van der Waals surface area contributed by atoms with E-state index in [0.29, 0.717) is 16.6 Å². The smallest absolute Gasteiger partial charge is 0.252 e. The maximum atomic E-state index is 13.2. The van der Waals surface area contributed by atoms with Crippen LogP contribution in [0.2, 0.25) is 5.02 Å². The molecule has 0 bridgehead atoms. The molecule has 0 aliphatic carbocycles. The highest BCUT2D eigenvalue weighted by Crippen LogP contribution is 2.19. The van der Waals surface area contributed by atoms with Gasteiger partial charge < -0.3 is 4.90 Å². The average Bonchev–Trinajstić information content (AvgIpc) is 3.11. The number of hydrogen-bond donors (Lipinski definition) is 0. The second kappa shape index (κ2) is 8.01. The van der Waals surface area contributed by atoms with Crippen LogP contribution < -0.4 is 4.90 Å². The fourth-order valence-electron chi connectivity index (χ4n) is 3.22. The Hall–Kier alpha value is -3.25. The predicted octanol–water partition coefficient (Wildman–Crippen LogP) is 4.17. The standard InChI is InChI=1S/C22H20ClN5O/c1-15-12-16(2)28-22(24-15)25-20(26-28)14-27(19-6-4-3-5-7-19)21(29)13-17-8-10-18(23)11-9-17/h3-12H,13-14H2,1-2H3. The van der Waals surface area contributed by atoms with E-state index in [4.69, 9.17) is 11.6 Å². The maximum absolute atomic E-state index is 13.2. The molecule has 7 heteroatoms. The molecule has 146 valence electrons. The van der Waals surface area contributed by atoms with Crippen molar-refractivity contribution in [2.45, 2.75) is 26.8 Å². The Morgan fingerprint density at radius 3 is 2.48 bits per heavy atom. The summed E-state index contributed by atoms with van der Waals surface area (Å²) in [4.78, 5) is 23.8. The van der Waals surface area contributed by atoms with E-state index in [1.807, 2.05) is 62.4 Å². The van der Waals surface area contributed by atoms with Gasteiger partial charge in [0.25, 0.3) is 5.78 Å². The van der Waals surface area contributed by atoms with Crippen molar-refractivity contribution in [3.63, 3.8) is 0 Å². The van der Waals surface area contributed by atoms with Crippen molar-refractivity contribution in [3.05, 3.63) is 88.5 Å². The first-order valence-electron chi connectivity index (χ1n) is 9.29. The van der Waals surface area contributed by atoms with Crippen LogP contribution in [0, 0.1) is 13.8 Å². The summed E-state index contributed by atoms with van der Waals surface area (Å²) in [5, 5.41) is 5.20. The fourth-order valence-corrected chi connectivity index (χ4v) is 3.35. The Kier molecular flexibility index (Phi) is 5.27. The third-order valence-corrected chi connectivity index (χ3v) is 4.85. The number of halogens is 1. The minimum Gasteiger partial charge on any atom is -0.304 e. The fraction of sp³-hybridized carbons (Fsp3) is 0.182. The minimum absolute atomic E-state index is 0.0433. The number of benzene rings is 2. The molecule has 0 radical (unpaired) electrons. The van der Waals surface area contributed by atoms with Gasteiger partial charge in [0, 0.05) is 22.1 Å². The van der Waals surface area contributed by atoms with Gasteiger partial charge in [-0.15, -0.1) is 5.10 Å². The third kappa shape index (κ3) is 4.27. The SMILES string of the molecule is Cc1cc(C)n2nc(CN(C(=O)Cc3ccc(Cl)cc3)c3ccccc3)nc2n1. The number of aryl methyl sites for hydroxylation is 2. The van der Waals surface area contributed by atoms with Gasteiger partial charge in [-0.1, -0.05) is 41.9 Å². The van der Waals surface area contributed by atoms with Crippen molar-refractivity contribution < 1.29 is 4.79 Å². The topological polar surface area (TPSA) is 63.4 Å². The summed E-state index contributed by atoms with van der Waals surface area (Å²) in [5.41, 5.74) is 3.53. The Bertz CT molecular complexity index is 1160. The van der Waals surface area contributed by atoms with Crippen molar-refractivity contribution in [1.82, 2.24) is 19.6 Å². The van der Waals surface area contributed by atoms with Gasteiger partial charge in [0.15, 0.2) is 5.82 Å². The molecule has 6 nitrogen and oxygen atoms in total. The Labute approximate surface area is 173 Å². The number of amides is 1. The molecule has 0 unspecified atom stereocenters. The molecule has 0 aliphatic heterocycles. The summed E-state index contributed by atoms with van der Waals surface area (Å²) in [6, 6.07) is 18.8. The van der Waals surface area contributed by atoms with Crippen LogP contribution >= 0.6 is 11.6 Å². The highest BCUT2D eigenvalue weighted by atomic mass is 35.5. The molecule has 2 aromatic heterocycles. The van der Waals surface area contributed by atoms with E-state index in [1.54, 1.807) is 21.5 Å². The van der Waals surface area contributed by atoms with Gasteiger partial charge in [-0.3, -0.25) is 4.79 Å². The van der Waals surface area contributed by atoms with Gasteiger partial charge in [0.05, 0.1) is 13.0 Å². The highest BCUT2D eigenvalue weighted by Gasteiger charge is 2.19. The molecule has 0 saturated carbocycles. The van der Waals surface area contributed by atoms with Gasteiger partial charge in [0.2, 0.25) is 5.91 Å². The molecule has 0 fully saturated rings. The lowest BCUT2D eigenvalue weighted by molar-refractivity contribution is -0.118. The Morgan fingerprint density at radius 1 is 1.03 bits per heavy atom. The zero-order chi connectivity index (χ0) is 20.4. The summed E-state index contributed by atoms with van der Waals surface area (Å²) in [6.45, 7) is 4.15. The summed E-state index contributed by atoms with van der Waals surface area (Å²) in [6.07, 6.45) is 0.260. The van der Waals surface area contributed by atoms with Gasteiger partial charge in [-0.05, 0) is 49.7 Å². The molecule has 0 spiro atoms. The number of nitrogens with zero attached hydrogens (tertiary/aromatic N) is 5. The first-order chi connectivity index (χ1) is 14.0. The third-order valence-electron chi connectivity index (χ3n) is 4.60. The zero-order valence-corrected chi connectivity index (χ0v) is 17.0. The van der Waals surface area contributed by atoms with E-state index in [-0.39, 0.29) is 18.9 Å². The average molecular weight is 406 g/mol. The van der Waals surface area contributed by atoms with E-state index < -0.39 is 0 Å². The first kappa shape index (κ1) is 19.1. The molecular formula is C22H20ClN5O. The van der Waals surface area contributed by atoms with E-state index in [2.05, 4.69) is 15.1 Å². The van der Waals surface area contributed by atoms with Crippen LogP contribution in [0.15, 0.2) is 60.7 Å². The van der Waals surface area contributed by atoms with E-state index in [9.17, 15) is 4.79 Å². The lowest BCUT2D eigenvalue weighted by atomic mass is 10.1. The monoisotopic (exact) mass is 405 g/mol. The largest absolute Gasteiger partial charge is 0.304 e. The second-order valence-corrected chi connectivity index (χ2v) is 7.33. The lowest BCUT2D eigenvalue weighted by Gasteiger charge is -2.21. The summed E-state index contributed by atoms with van der Waals surface area (Å²) in [5.74, 6) is 1.04. The minimum atomic E-state index is -0.0433. The van der Waals surface area contributed by atoms with E-state index in [0.717, 1.165) is 22.6 Å². The number of anilines is 1. The number of fused-ring (bicyclic) bond motifs is 1. The number of rotatable bonds is 5. The van der Waals surface area contributed by atoms with Crippen molar-refractivity contribution in [2.75, 3.05) is 4.90 Å². The molecule has 0 aliphatic rings. The number of carbonyl (C=O) groups is 1. The Morgan fingerprint density at radius 2 is 1.76 bits per heavy atom. The summed E-state index contributed by atoms with van der Waals surface area (Å²) in [7, 11) is 0. The molecule has 0 atom stereocenters. The molecule has 0 saturated heterocycles. The molecule has 4 aromatic rings. The number of aromatic nitrogens is 4. The summed E-state index contributed by atoms with van der Waals surface area (Å²) >= 11 is 5.96. The van der Waals surface area contributed by atoms with E-state index in [1.165, 1.54) is 0 Å². The van der Waals surface area contributed by atoms with Gasteiger partial charge in [0.1, 0.15) is 0 Å². The molecule has 2 aromatic carbocycles. The van der Waals surface area contributed by atoms with Crippen LogP contribution in [0.5, 0.6) is 0 Å². The molecule has 0 N–H and O–H groups in total. The lowest BCUT2D eigenvalue weighted by Crippen LogP contribution is -2.32. The second-order valence-electron chi connectivity index (χ2n) is 6.90. The normalized spacial score (nSPS) is 11.0. The van der Waals surface area contributed by atoms with Crippen LogP contribution in [0.3, 0.4) is 0 Å². The molecule has 2 heterocycles. The van der Waals surface area contributed by atoms with Gasteiger partial charge >= 0.3 is 0 Å². The van der Waals surface area contributed by atoms with Gasteiger partial charge in [-0.25, -0.2) is 9.50 Å². The molecular weight excluding hydrogens is 386 g/mol. The predicted molar refractivity (Wildman–Crippen MR) is 113 cm³/mol. The number of para-hydroxylation sites is 1. The van der Waals surface area contributed by atoms with Gasteiger partial charge in [-0.2, -0.15) is 4.98 Å². The quantitative estimate of drug-likeness (QED) is 0.500. The number of carbonyl (C=O) groups excluding carboxylic acids is 1. The molecule has 4 rings (SSSR count). The Balaban J connectivity index is 1.65. The van der Waals surface area contributed by atoms with Crippen molar-refractivity contribution in [1.29, 1.82) is 0 Å². The highest BCUT2D eigenvalue weighted by molar-refractivity contribution is 6.30. The zero-order valence-electron chi connectivity index (χ0n) is 16.2. The van der Waals surface area contributed by atoms with Crippen LogP contribution in [-0.2, 0) is 17.8 Å². The molecule has 29 heavy (non-hydrogen) atoms.